The summed E-state index contributed by atoms with van der Waals surface area (Å²) >= 11 is 0. The Morgan fingerprint density at radius 2 is 2.17 bits per heavy atom. The first kappa shape index (κ1) is 15.3. The number of amides is 1. The van der Waals surface area contributed by atoms with Gasteiger partial charge in [-0.1, -0.05) is 5.92 Å². The van der Waals surface area contributed by atoms with Crippen LogP contribution in [-0.4, -0.2) is 36.5 Å². The summed E-state index contributed by atoms with van der Waals surface area (Å²) in [6, 6.07) is 5.82. The average molecular weight is 322 g/mol. The Balaban J connectivity index is 1.54. The summed E-state index contributed by atoms with van der Waals surface area (Å²) in [4.78, 5) is 15.2. The van der Waals surface area contributed by atoms with Gasteiger partial charge in [-0.3, -0.25) is 4.79 Å². The molecule has 1 aromatic heterocycles. The van der Waals surface area contributed by atoms with Crippen molar-refractivity contribution in [3.8, 4) is 11.8 Å². The largest absolute Gasteiger partial charge is 0.463 e. The molecule has 2 bridgehead atoms. The summed E-state index contributed by atoms with van der Waals surface area (Å²) in [7, 11) is 0. The van der Waals surface area contributed by atoms with Crippen LogP contribution in [0.2, 0.25) is 0 Å². The van der Waals surface area contributed by atoms with Gasteiger partial charge in [0.1, 0.15) is 11.8 Å². The van der Waals surface area contributed by atoms with Crippen LogP contribution in [0, 0.1) is 17.8 Å². The molecule has 0 saturated carbocycles. The van der Waals surface area contributed by atoms with Crippen molar-refractivity contribution in [1.29, 1.82) is 0 Å². The van der Waals surface area contributed by atoms with Crippen molar-refractivity contribution in [2.45, 2.75) is 32.2 Å². The van der Waals surface area contributed by atoms with E-state index in [0.717, 1.165) is 35.4 Å². The van der Waals surface area contributed by atoms with Crippen molar-refractivity contribution in [1.82, 2.24) is 10.2 Å². The number of carbonyl (C=O) groups is 1. The lowest BCUT2D eigenvalue weighted by Crippen LogP contribution is -2.41. The second-order valence-electron chi connectivity index (χ2n) is 6.89. The van der Waals surface area contributed by atoms with Crippen LogP contribution >= 0.6 is 0 Å². The molecule has 0 aliphatic carbocycles. The Kier molecular flexibility index (Phi) is 4.03. The molecule has 1 unspecified atom stereocenters. The molecule has 3 aliphatic heterocycles. The second-order valence-corrected chi connectivity index (χ2v) is 6.89. The first-order chi connectivity index (χ1) is 11.7. The summed E-state index contributed by atoms with van der Waals surface area (Å²) in [5.41, 5.74) is 2.28. The Morgan fingerprint density at radius 3 is 2.96 bits per heavy atom. The number of furan rings is 1. The second kappa shape index (κ2) is 6.33. The lowest BCUT2D eigenvalue weighted by atomic mass is 9.94. The lowest BCUT2D eigenvalue weighted by Gasteiger charge is -2.26. The van der Waals surface area contributed by atoms with Crippen molar-refractivity contribution in [3.05, 3.63) is 35.6 Å². The van der Waals surface area contributed by atoms with Gasteiger partial charge in [-0.2, -0.15) is 0 Å². The molecule has 2 aromatic rings. The zero-order chi connectivity index (χ0) is 16.5. The third kappa shape index (κ3) is 2.92. The van der Waals surface area contributed by atoms with E-state index in [9.17, 15) is 4.79 Å². The highest BCUT2D eigenvalue weighted by molar-refractivity contribution is 5.99. The summed E-state index contributed by atoms with van der Waals surface area (Å²) < 4.78 is 5.50. The molecule has 3 saturated heterocycles. The predicted octanol–water partition coefficient (Wildman–Crippen LogP) is 3.02. The van der Waals surface area contributed by atoms with E-state index in [-0.39, 0.29) is 11.9 Å². The minimum Gasteiger partial charge on any atom is -0.463 e. The minimum atomic E-state index is 0.000933. The van der Waals surface area contributed by atoms with Crippen molar-refractivity contribution in [3.63, 3.8) is 0 Å². The predicted molar refractivity (Wildman–Crippen MR) is 93.8 cm³/mol. The summed E-state index contributed by atoms with van der Waals surface area (Å²) in [5.74, 6) is 6.67. The smallest absolute Gasteiger partial charge is 0.251 e. The van der Waals surface area contributed by atoms with Gasteiger partial charge in [-0.15, -0.1) is 5.92 Å². The monoisotopic (exact) mass is 322 g/mol. The summed E-state index contributed by atoms with van der Waals surface area (Å²) in [5, 5.41) is 4.14. The number of rotatable bonds is 2. The fourth-order valence-electron chi connectivity index (χ4n) is 3.97. The van der Waals surface area contributed by atoms with Gasteiger partial charge in [0.05, 0.1) is 5.56 Å². The third-order valence-corrected chi connectivity index (χ3v) is 5.23. The Hall–Kier alpha value is -2.25. The van der Waals surface area contributed by atoms with Crippen LogP contribution in [-0.2, 0) is 0 Å². The van der Waals surface area contributed by atoms with E-state index in [1.807, 2.05) is 18.2 Å². The normalized spacial score (nSPS) is 25.8. The molecule has 1 N–H and O–H groups in total. The number of hydrogen-bond donors (Lipinski definition) is 1. The molecule has 4 heteroatoms. The molecule has 1 amide bonds. The number of nitrogens with zero attached hydrogens (tertiary/aromatic N) is 1. The van der Waals surface area contributed by atoms with Crippen LogP contribution in [0.5, 0.6) is 0 Å². The molecule has 0 radical (unpaired) electrons. The molecule has 4 heterocycles. The molecular weight excluding hydrogens is 300 g/mol. The van der Waals surface area contributed by atoms with Gasteiger partial charge in [0.15, 0.2) is 0 Å². The molecule has 4 nitrogen and oxygen atoms in total. The van der Waals surface area contributed by atoms with Crippen molar-refractivity contribution < 1.29 is 9.21 Å². The zero-order valence-electron chi connectivity index (χ0n) is 14.0. The van der Waals surface area contributed by atoms with E-state index < -0.39 is 0 Å². The number of fused-ring (bicyclic) bond motifs is 5. The minimum absolute atomic E-state index is 0.000933. The van der Waals surface area contributed by atoms with E-state index in [1.54, 1.807) is 13.2 Å². The standard InChI is InChI=1S/C20H22N2O2/c1-2-3-16-13-24-19-5-4-15(11-18(16)19)20(23)21-17-10-14-6-8-22(12-17)9-7-14/h4-5,11,13-14,17H,6-10,12H2,1H3,(H,21,23). The maximum absolute atomic E-state index is 12.7. The third-order valence-electron chi connectivity index (χ3n) is 5.23. The first-order valence-corrected chi connectivity index (χ1v) is 8.70. The highest BCUT2D eigenvalue weighted by Crippen LogP contribution is 2.27. The molecule has 3 fully saturated rings. The van der Waals surface area contributed by atoms with E-state index in [0.29, 0.717) is 5.56 Å². The maximum atomic E-state index is 12.7. The van der Waals surface area contributed by atoms with E-state index in [4.69, 9.17) is 4.42 Å². The molecule has 24 heavy (non-hydrogen) atoms. The highest BCUT2D eigenvalue weighted by Gasteiger charge is 2.30. The van der Waals surface area contributed by atoms with E-state index in [1.165, 1.54) is 25.9 Å². The number of hydrogen-bond acceptors (Lipinski definition) is 3. The van der Waals surface area contributed by atoms with Crippen LogP contribution in [0.25, 0.3) is 11.0 Å². The average Bonchev–Trinajstić information content (AvgIpc) is 2.76. The Bertz CT molecular complexity index is 805. The number of piperidine rings is 1. The first-order valence-electron chi connectivity index (χ1n) is 8.70. The van der Waals surface area contributed by atoms with Gasteiger partial charge in [-0.25, -0.2) is 0 Å². The van der Waals surface area contributed by atoms with Crippen LogP contribution in [0.1, 0.15) is 42.1 Å². The molecule has 1 aromatic carbocycles. The van der Waals surface area contributed by atoms with Crippen molar-refractivity contribution in [2.24, 2.45) is 5.92 Å². The van der Waals surface area contributed by atoms with Gasteiger partial charge in [0.25, 0.3) is 5.91 Å². The highest BCUT2D eigenvalue weighted by atomic mass is 16.3. The van der Waals surface area contributed by atoms with Gasteiger partial charge in [0, 0.05) is 23.5 Å². The Morgan fingerprint density at radius 1 is 1.33 bits per heavy atom. The van der Waals surface area contributed by atoms with Gasteiger partial charge in [-0.05, 0) is 63.4 Å². The van der Waals surface area contributed by atoms with Gasteiger partial charge in [0.2, 0.25) is 0 Å². The van der Waals surface area contributed by atoms with Crippen molar-refractivity contribution >= 4 is 16.9 Å². The SMILES string of the molecule is CC#Cc1coc2ccc(C(=O)NC3CC4CCN(CC4)C3)cc12. The molecule has 1 atom stereocenters. The number of benzene rings is 1. The quantitative estimate of drug-likeness (QED) is 0.865. The van der Waals surface area contributed by atoms with Crippen LogP contribution < -0.4 is 5.32 Å². The summed E-state index contributed by atoms with van der Waals surface area (Å²) in [6.45, 7) is 5.13. The van der Waals surface area contributed by atoms with Gasteiger partial charge >= 0.3 is 0 Å². The fourth-order valence-corrected chi connectivity index (χ4v) is 3.97. The zero-order valence-corrected chi connectivity index (χ0v) is 14.0. The molecular formula is C20H22N2O2. The molecule has 5 rings (SSSR count). The topological polar surface area (TPSA) is 45.5 Å². The van der Waals surface area contributed by atoms with E-state index in [2.05, 4.69) is 22.1 Å². The number of nitrogens with one attached hydrogen (secondary N) is 1. The van der Waals surface area contributed by atoms with Gasteiger partial charge < -0.3 is 14.6 Å². The summed E-state index contributed by atoms with van der Waals surface area (Å²) in [6.07, 6.45) is 5.29. The Labute approximate surface area is 142 Å². The maximum Gasteiger partial charge on any atom is 0.251 e. The fraction of sp³-hybridized carbons (Fsp3) is 0.450. The number of carbonyl (C=O) groups excluding carboxylic acids is 1. The lowest BCUT2D eigenvalue weighted by molar-refractivity contribution is 0.0929. The van der Waals surface area contributed by atoms with Crippen LogP contribution in [0.15, 0.2) is 28.9 Å². The van der Waals surface area contributed by atoms with Crippen molar-refractivity contribution in [2.75, 3.05) is 19.6 Å². The van der Waals surface area contributed by atoms with E-state index >= 15 is 0 Å². The molecule has 3 aliphatic rings. The van der Waals surface area contributed by atoms with Crippen LogP contribution in [0.4, 0.5) is 0 Å². The van der Waals surface area contributed by atoms with Crippen LogP contribution in [0.3, 0.4) is 0 Å². The molecule has 0 spiro atoms. The molecule has 124 valence electrons.